The molecule has 30 heavy (non-hydrogen) atoms. The lowest BCUT2D eigenvalue weighted by atomic mass is 10.1. The normalized spacial score (nSPS) is 23.6. The van der Waals surface area contributed by atoms with Gasteiger partial charge in [0.15, 0.2) is 15.0 Å². The summed E-state index contributed by atoms with van der Waals surface area (Å²) in [7, 11) is -3.08. The van der Waals surface area contributed by atoms with Gasteiger partial charge in [-0.05, 0) is 36.1 Å². The van der Waals surface area contributed by atoms with E-state index in [2.05, 4.69) is 4.99 Å². The lowest BCUT2D eigenvalue weighted by molar-refractivity contribution is -0.117. The Kier molecular flexibility index (Phi) is 6.24. The molecule has 2 aliphatic heterocycles. The van der Waals surface area contributed by atoms with Crippen LogP contribution >= 0.6 is 11.8 Å². The molecule has 2 aliphatic rings. The van der Waals surface area contributed by atoms with Gasteiger partial charge in [-0.2, -0.15) is 4.99 Å². The Labute approximate surface area is 180 Å². The first-order valence-corrected chi connectivity index (χ1v) is 12.6. The van der Waals surface area contributed by atoms with Crippen LogP contribution < -0.4 is 0 Å². The largest absolute Gasteiger partial charge is 0.346 e. The van der Waals surface area contributed by atoms with Crippen LogP contribution in [0.15, 0.2) is 59.6 Å². The smallest absolute Gasteiger partial charge is 0.248 e. The quantitative estimate of drug-likeness (QED) is 0.682. The summed E-state index contributed by atoms with van der Waals surface area (Å²) in [5.41, 5.74) is 2.04. The number of thioether (sulfide) groups is 1. The first-order chi connectivity index (χ1) is 14.4. The molecule has 0 unspecified atom stereocenters. The van der Waals surface area contributed by atoms with Crippen LogP contribution in [-0.2, 0) is 27.5 Å². The molecule has 0 saturated carbocycles. The molecule has 2 atom stereocenters. The first kappa shape index (κ1) is 21.1. The fraction of sp³-hybridized carbons (Fsp3) is 0.364. The van der Waals surface area contributed by atoms with Gasteiger partial charge in [-0.25, -0.2) is 12.8 Å². The van der Waals surface area contributed by atoms with Crippen molar-refractivity contribution in [1.82, 2.24) is 4.90 Å². The third-order valence-electron chi connectivity index (χ3n) is 5.42. The number of aryl methyl sites for hydroxylation is 1. The summed E-state index contributed by atoms with van der Waals surface area (Å²) < 4.78 is 37.4. The number of fused-ring (bicyclic) bond motifs is 1. The molecule has 5 nitrogen and oxygen atoms in total. The Morgan fingerprint density at radius 3 is 2.47 bits per heavy atom. The third kappa shape index (κ3) is 5.10. The molecule has 2 saturated heterocycles. The van der Waals surface area contributed by atoms with Crippen molar-refractivity contribution in [3.63, 3.8) is 0 Å². The molecule has 8 heteroatoms. The second-order valence-electron chi connectivity index (χ2n) is 7.64. The van der Waals surface area contributed by atoms with Gasteiger partial charge in [-0.15, -0.1) is 0 Å². The molecule has 2 aromatic rings. The highest BCUT2D eigenvalue weighted by Crippen LogP contribution is 2.38. The van der Waals surface area contributed by atoms with E-state index < -0.39 is 9.84 Å². The predicted octanol–water partition coefficient (Wildman–Crippen LogP) is 3.10. The molecule has 2 aromatic carbocycles. The number of carbonyl (C=O) groups is 1. The highest BCUT2D eigenvalue weighted by atomic mass is 32.2. The topological polar surface area (TPSA) is 66.8 Å². The molecular formula is C22H23FN2O3S2. The van der Waals surface area contributed by atoms with E-state index in [0.717, 1.165) is 11.1 Å². The van der Waals surface area contributed by atoms with Crippen molar-refractivity contribution in [2.75, 3.05) is 18.1 Å². The number of hydrogen-bond acceptors (Lipinski definition) is 4. The van der Waals surface area contributed by atoms with Gasteiger partial charge in [0.25, 0.3) is 0 Å². The number of sulfone groups is 1. The molecule has 0 aliphatic carbocycles. The number of benzene rings is 2. The average Bonchev–Trinajstić information content (AvgIpc) is 3.18. The first-order valence-electron chi connectivity index (χ1n) is 9.93. The minimum atomic E-state index is -3.08. The van der Waals surface area contributed by atoms with E-state index >= 15 is 0 Å². The maximum Gasteiger partial charge on any atom is 0.248 e. The van der Waals surface area contributed by atoms with Crippen LogP contribution in [-0.4, -0.2) is 53.7 Å². The minimum Gasteiger partial charge on any atom is -0.346 e. The number of hydrogen-bond donors (Lipinski definition) is 0. The fourth-order valence-corrected chi connectivity index (χ4v) is 7.85. The van der Waals surface area contributed by atoms with Crippen molar-refractivity contribution in [3.05, 3.63) is 71.5 Å². The van der Waals surface area contributed by atoms with Crippen molar-refractivity contribution in [1.29, 1.82) is 0 Å². The lowest BCUT2D eigenvalue weighted by Crippen LogP contribution is -2.39. The lowest BCUT2D eigenvalue weighted by Gasteiger charge is -2.24. The zero-order chi connectivity index (χ0) is 21.1. The number of amides is 1. The van der Waals surface area contributed by atoms with Crippen LogP contribution in [0.3, 0.4) is 0 Å². The van der Waals surface area contributed by atoms with Gasteiger partial charge in [-0.3, -0.25) is 4.79 Å². The maximum absolute atomic E-state index is 13.2. The molecule has 0 aromatic heterocycles. The standard InChI is InChI=1S/C22H23FN2O3S2/c23-18-9-6-17(7-10-18)12-13-25-19-14-30(27,28)15-20(19)29-22(25)24-21(26)11-8-16-4-2-1-3-5-16/h1-7,9-10,19-20H,8,11-15H2/t19-,20-/m0/s1. The van der Waals surface area contributed by atoms with Gasteiger partial charge >= 0.3 is 0 Å². The summed E-state index contributed by atoms with van der Waals surface area (Å²) in [5, 5.41) is 0.518. The second-order valence-corrected chi connectivity index (χ2v) is 11.0. The summed E-state index contributed by atoms with van der Waals surface area (Å²) >= 11 is 1.40. The third-order valence-corrected chi connectivity index (χ3v) is 8.67. The molecule has 0 N–H and O–H groups in total. The van der Waals surface area contributed by atoms with Crippen LogP contribution in [0.1, 0.15) is 17.5 Å². The van der Waals surface area contributed by atoms with Crippen LogP contribution in [0.2, 0.25) is 0 Å². The Morgan fingerprint density at radius 1 is 1.03 bits per heavy atom. The number of halogens is 1. The molecule has 0 bridgehead atoms. The molecule has 4 rings (SSSR count). The van der Waals surface area contributed by atoms with Crippen molar-refractivity contribution in [3.8, 4) is 0 Å². The Morgan fingerprint density at radius 2 is 1.73 bits per heavy atom. The fourth-order valence-electron chi connectivity index (χ4n) is 3.86. The zero-order valence-electron chi connectivity index (χ0n) is 16.4. The van der Waals surface area contributed by atoms with E-state index in [1.165, 1.54) is 23.9 Å². The van der Waals surface area contributed by atoms with Crippen LogP contribution in [0, 0.1) is 5.82 Å². The van der Waals surface area contributed by atoms with Gasteiger partial charge in [-0.1, -0.05) is 54.2 Å². The van der Waals surface area contributed by atoms with E-state index in [0.29, 0.717) is 31.0 Å². The van der Waals surface area contributed by atoms with Crippen LogP contribution in [0.25, 0.3) is 0 Å². The van der Waals surface area contributed by atoms with Gasteiger partial charge < -0.3 is 4.90 Å². The van der Waals surface area contributed by atoms with Crippen LogP contribution in [0.5, 0.6) is 0 Å². The Balaban J connectivity index is 1.46. The summed E-state index contributed by atoms with van der Waals surface area (Å²) in [6.07, 6.45) is 1.56. The van der Waals surface area contributed by atoms with Gasteiger partial charge in [0.05, 0.1) is 17.5 Å². The maximum atomic E-state index is 13.2. The SMILES string of the molecule is O=C(CCc1ccccc1)N=C1S[C@H]2CS(=O)(=O)C[C@@H]2N1CCc1ccc(F)cc1. The number of rotatable bonds is 6. The van der Waals surface area contributed by atoms with E-state index in [1.807, 2.05) is 35.2 Å². The summed E-state index contributed by atoms with van der Waals surface area (Å²) in [5.74, 6) is -0.280. The van der Waals surface area contributed by atoms with Gasteiger partial charge in [0.2, 0.25) is 5.91 Å². The van der Waals surface area contributed by atoms with Gasteiger partial charge in [0.1, 0.15) is 5.82 Å². The van der Waals surface area contributed by atoms with Crippen molar-refractivity contribution >= 4 is 32.7 Å². The zero-order valence-corrected chi connectivity index (χ0v) is 18.0. The monoisotopic (exact) mass is 446 g/mol. The Bertz CT molecular complexity index is 1040. The van der Waals surface area contributed by atoms with Crippen molar-refractivity contribution in [2.45, 2.75) is 30.6 Å². The second kappa shape index (κ2) is 8.89. The van der Waals surface area contributed by atoms with Crippen molar-refractivity contribution in [2.24, 2.45) is 4.99 Å². The Hall–Kier alpha value is -2.19. The summed E-state index contributed by atoms with van der Waals surface area (Å²) in [6, 6.07) is 15.9. The minimum absolute atomic E-state index is 0.0886. The number of amidine groups is 1. The molecule has 2 fully saturated rings. The predicted molar refractivity (Wildman–Crippen MR) is 118 cm³/mol. The molecule has 0 radical (unpaired) electrons. The van der Waals surface area contributed by atoms with E-state index in [-0.39, 0.29) is 34.5 Å². The summed E-state index contributed by atoms with van der Waals surface area (Å²) in [4.78, 5) is 18.8. The van der Waals surface area contributed by atoms with Crippen molar-refractivity contribution < 1.29 is 17.6 Å². The number of aliphatic imine (C=N–C) groups is 1. The highest BCUT2D eigenvalue weighted by Gasteiger charge is 2.48. The molecule has 158 valence electrons. The van der Waals surface area contributed by atoms with Crippen LogP contribution in [0.4, 0.5) is 4.39 Å². The molecule has 1 amide bonds. The number of nitrogens with zero attached hydrogens (tertiary/aromatic N) is 2. The number of carbonyl (C=O) groups excluding carboxylic acids is 1. The van der Waals surface area contributed by atoms with E-state index in [9.17, 15) is 17.6 Å². The molecule has 0 spiro atoms. The van der Waals surface area contributed by atoms with E-state index in [4.69, 9.17) is 0 Å². The summed E-state index contributed by atoms with van der Waals surface area (Å²) in [6.45, 7) is 0.542. The van der Waals surface area contributed by atoms with Gasteiger partial charge in [0, 0.05) is 18.2 Å². The molecule has 2 heterocycles. The van der Waals surface area contributed by atoms with E-state index in [1.54, 1.807) is 12.1 Å². The highest BCUT2D eigenvalue weighted by molar-refractivity contribution is 8.15. The molecular weight excluding hydrogens is 423 g/mol. The average molecular weight is 447 g/mol.